The van der Waals surface area contributed by atoms with Crippen LogP contribution >= 0.6 is 11.5 Å². The number of ether oxygens (including phenoxy) is 1. The van der Waals surface area contributed by atoms with E-state index in [0.29, 0.717) is 11.4 Å². The molecular formula is C17H22N4O2S. The largest absolute Gasteiger partial charge is 0.497 e. The summed E-state index contributed by atoms with van der Waals surface area (Å²) in [5.41, 5.74) is 1.97. The fourth-order valence-corrected chi connectivity index (χ4v) is 3.64. The molecule has 3 rings (SSSR count). The van der Waals surface area contributed by atoms with Crippen molar-refractivity contribution in [1.82, 2.24) is 14.5 Å². The van der Waals surface area contributed by atoms with Crippen molar-refractivity contribution in [2.75, 3.05) is 38.2 Å². The lowest BCUT2D eigenvalue weighted by atomic mass is 10.2. The van der Waals surface area contributed by atoms with Gasteiger partial charge in [0, 0.05) is 31.9 Å². The maximum Gasteiger partial charge on any atom is 0.267 e. The Labute approximate surface area is 146 Å². The molecule has 2 aromatic rings. The van der Waals surface area contributed by atoms with E-state index in [2.05, 4.69) is 26.6 Å². The highest BCUT2D eigenvalue weighted by molar-refractivity contribution is 7.08. The van der Waals surface area contributed by atoms with E-state index >= 15 is 0 Å². The Morgan fingerprint density at radius 2 is 2.00 bits per heavy atom. The summed E-state index contributed by atoms with van der Waals surface area (Å²) in [5, 5.41) is 4.05. The molecule has 0 aliphatic carbocycles. The molecule has 1 aromatic heterocycles. The van der Waals surface area contributed by atoms with Gasteiger partial charge in [-0.3, -0.25) is 4.79 Å². The fraction of sp³-hybridized carbons (Fsp3) is 0.471. The second-order valence-electron chi connectivity index (χ2n) is 5.73. The maximum atomic E-state index is 12.7. The topological polar surface area (TPSA) is 58.6 Å². The van der Waals surface area contributed by atoms with Crippen LogP contribution in [0.2, 0.25) is 0 Å². The second kappa shape index (κ2) is 7.61. The predicted molar refractivity (Wildman–Crippen MR) is 95.0 cm³/mol. The third-order valence-corrected chi connectivity index (χ3v) is 5.06. The van der Waals surface area contributed by atoms with Crippen LogP contribution in [0.3, 0.4) is 0 Å². The van der Waals surface area contributed by atoms with Gasteiger partial charge >= 0.3 is 0 Å². The van der Waals surface area contributed by atoms with Gasteiger partial charge in [0.1, 0.15) is 10.6 Å². The molecule has 0 radical (unpaired) electrons. The van der Waals surface area contributed by atoms with E-state index in [9.17, 15) is 4.79 Å². The number of carbonyl (C=O) groups is 1. The van der Waals surface area contributed by atoms with Gasteiger partial charge in [-0.15, -0.1) is 5.10 Å². The predicted octanol–water partition coefficient (Wildman–Crippen LogP) is 2.46. The van der Waals surface area contributed by atoms with Crippen LogP contribution < -0.4 is 9.64 Å². The Hall–Kier alpha value is -2.15. The van der Waals surface area contributed by atoms with Crippen LogP contribution in [0.1, 0.15) is 28.7 Å². The van der Waals surface area contributed by atoms with Gasteiger partial charge in [-0.1, -0.05) is 11.4 Å². The molecule has 7 heteroatoms. The number of hydrogen-bond donors (Lipinski definition) is 0. The summed E-state index contributed by atoms with van der Waals surface area (Å²) in [6, 6.07) is 8.08. The number of aryl methyl sites for hydroxylation is 1. The summed E-state index contributed by atoms with van der Waals surface area (Å²) in [4.78, 5) is 17.7. The van der Waals surface area contributed by atoms with Gasteiger partial charge < -0.3 is 14.5 Å². The summed E-state index contributed by atoms with van der Waals surface area (Å²) in [5.74, 6) is 0.925. The molecule has 1 aromatic carbocycles. The molecule has 0 atom stereocenters. The number of amides is 1. The highest BCUT2D eigenvalue weighted by Gasteiger charge is 2.24. The molecule has 0 saturated carbocycles. The monoisotopic (exact) mass is 346 g/mol. The maximum absolute atomic E-state index is 12.7. The normalized spacial score (nSPS) is 15.2. The molecule has 128 valence electrons. The Bertz CT molecular complexity index is 686. The van der Waals surface area contributed by atoms with E-state index in [1.54, 1.807) is 7.11 Å². The average molecular weight is 346 g/mol. The van der Waals surface area contributed by atoms with Crippen molar-refractivity contribution in [3.8, 4) is 5.75 Å². The zero-order valence-corrected chi connectivity index (χ0v) is 14.9. The van der Waals surface area contributed by atoms with E-state index in [1.807, 2.05) is 24.0 Å². The molecule has 1 saturated heterocycles. The van der Waals surface area contributed by atoms with Crippen LogP contribution in [0.5, 0.6) is 5.75 Å². The smallest absolute Gasteiger partial charge is 0.267 e. The van der Waals surface area contributed by atoms with Gasteiger partial charge in [-0.05, 0) is 48.6 Å². The third kappa shape index (κ3) is 3.51. The summed E-state index contributed by atoms with van der Waals surface area (Å²) in [6.45, 7) is 5.25. The number of rotatable bonds is 4. The second-order valence-corrected chi connectivity index (χ2v) is 6.49. The van der Waals surface area contributed by atoms with Gasteiger partial charge in [-0.2, -0.15) is 0 Å². The molecular weight excluding hydrogens is 324 g/mol. The van der Waals surface area contributed by atoms with Crippen molar-refractivity contribution >= 4 is 23.1 Å². The first-order chi connectivity index (χ1) is 11.7. The van der Waals surface area contributed by atoms with Crippen LogP contribution in [0.15, 0.2) is 24.3 Å². The summed E-state index contributed by atoms with van der Waals surface area (Å²) in [6.07, 6.45) is 1.69. The minimum Gasteiger partial charge on any atom is -0.497 e. The lowest BCUT2D eigenvalue weighted by Crippen LogP contribution is -2.35. The number of methoxy groups -OCH3 is 1. The molecule has 2 heterocycles. The first-order valence-electron chi connectivity index (χ1n) is 8.22. The summed E-state index contributed by atoms with van der Waals surface area (Å²) in [7, 11) is 1.67. The molecule has 1 aliphatic heterocycles. The molecule has 6 nitrogen and oxygen atoms in total. The van der Waals surface area contributed by atoms with E-state index in [4.69, 9.17) is 4.74 Å². The summed E-state index contributed by atoms with van der Waals surface area (Å²) >= 11 is 1.20. The zero-order valence-electron chi connectivity index (χ0n) is 14.1. The van der Waals surface area contributed by atoms with Gasteiger partial charge in [-0.25, -0.2) is 0 Å². The molecule has 0 bridgehead atoms. The quantitative estimate of drug-likeness (QED) is 0.851. The minimum atomic E-state index is 0.0680. The van der Waals surface area contributed by atoms with Crippen molar-refractivity contribution < 1.29 is 9.53 Å². The van der Waals surface area contributed by atoms with Crippen LogP contribution in [0.4, 0.5) is 5.69 Å². The fourth-order valence-electron chi connectivity index (χ4n) is 2.92. The zero-order chi connectivity index (χ0) is 16.9. The number of benzene rings is 1. The number of hydrogen-bond acceptors (Lipinski definition) is 6. The van der Waals surface area contributed by atoms with Crippen LogP contribution in [-0.2, 0) is 6.42 Å². The first-order valence-corrected chi connectivity index (χ1v) is 8.99. The van der Waals surface area contributed by atoms with Crippen molar-refractivity contribution in [3.05, 3.63) is 34.8 Å². The van der Waals surface area contributed by atoms with Gasteiger partial charge in [0.25, 0.3) is 5.91 Å². The SMILES string of the molecule is CCc1nnsc1C(=O)N1CCCN(c2ccc(OC)cc2)CC1. The van der Waals surface area contributed by atoms with E-state index in [0.717, 1.165) is 43.9 Å². The van der Waals surface area contributed by atoms with Crippen LogP contribution in [-0.4, -0.2) is 53.7 Å². The Balaban J connectivity index is 1.67. The molecule has 0 N–H and O–H groups in total. The van der Waals surface area contributed by atoms with Gasteiger partial charge in [0.2, 0.25) is 0 Å². The molecule has 24 heavy (non-hydrogen) atoms. The number of aromatic nitrogens is 2. The average Bonchev–Trinajstić information content (AvgIpc) is 2.97. The number of nitrogens with zero attached hydrogens (tertiary/aromatic N) is 4. The van der Waals surface area contributed by atoms with Crippen molar-refractivity contribution in [3.63, 3.8) is 0 Å². The molecule has 1 amide bonds. The Kier molecular flexibility index (Phi) is 5.30. The Morgan fingerprint density at radius 3 is 2.71 bits per heavy atom. The summed E-state index contributed by atoms with van der Waals surface area (Å²) < 4.78 is 9.14. The standard InChI is InChI=1S/C17H22N4O2S/c1-3-15-16(24-19-18-15)17(22)21-10-4-9-20(11-12-21)13-5-7-14(23-2)8-6-13/h5-8H,3-4,9-12H2,1-2H3. The molecule has 1 fully saturated rings. The number of carbonyl (C=O) groups excluding carboxylic acids is 1. The van der Waals surface area contributed by atoms with Crippen molar-refractivity contribution in [2.24, 2.45) is 0 Å². The van der Waals surface area contributed by atoms with E-state index < -0.39 is 0 Å². The van der Waals surface area contributed by atoms with E-state index in [1.165, 1.54) is 17.2 Å². The molecule has 0 spiro atoms. The Morgan fingerprint density at radius 1 is 1.21 bits per heavy atom. The highest BCUT2D eigenvalue weighted by atomic mass is 32.1. The van der Waals surface area contributed by atoms with E-state index in [-0.39, 0.29) is 5.91 Å². The highest BCUT2D eigenvalue weighted by Crippen LogP contribution is 2.22. The van der Waals surface area contributed by atoms with Gasteiger partial charge in [0.05, 0.1) is 12.8 Å². The molecule has 1 aliphatic rings. The third-order valence-electron chi connectivity index (χ3n) is 4.31. The van der Waals surface area contributed by atoms with Crippen LogP contribution in [0.25, 0.3) is 0 Å². The van der Waals surface area contributed by atoms with Gasteiger partial charge in [0.15, 0.2) is 0 Å². The first kappa shape index (κ1) is 16.7. The lowest BCUT2D eigenvalue weighted by molar-refractivity contribution is 0.0770. The minimum absolute atomic E-state index is 0.0680. The molecule has 0 unspecified atom stereocenters. The van der Waals surface area contributed by atoms with Crippen molar-refractivity contribution in [2.45, 2.75) is 19.8 Å². The van der Waals surface area contributed by atoms with Crippen molar-refractivity contribution in [1.29, 1.82) is 0 Å². The van der Waals surface area contributed by atoms with Crippen LogP contribution in [0, 0.1) is 0 Å². The lowest BCUT2D eigenvalue weighted by Gasteiger charge is -2.23. The number of anilines is 1.